The summed E-state index contributed by atoms with van der Waals surface area (Å²) in [5, 5.41) is 0. The summed E-state index contributed by atoms with van der Waals surface area (Å²) in [6, 6.07) is 0. The fraction of sp³-hybridized carbons (Fsp3) is 0.824. The van der Waals surface area contributed by atoms with Crippen molar-refractivity contribution in [3.05, 3.63) is 12.2 Å². The van der Waals surface area contributed by atoms with Crippen molar-refractivity contribution in [1.82, 2.24) is 0 Å². The molecule has 3 heteroatoms. The molecule has 2 unspecified atom stereocenters. The van der Waals surface area contributed by atoms with Gasteiger partial charge in [-0.05, 0) is 0 Å². The molecule has 0 amide bonds. The Labute approximate surface area is 126 Å². The predicted octanol–water partition coefficient (Wildman–Crippen LogP) is 4.58. The Kier molecular flexibility index (Phi) is 9.38. The molecule has 0 bridgehead atoms. The SMILES string of the molecule is C=C(C)C(=O)OCC(C)CC(C)C[PH](CC)(CC)CC. The van der Waals surface area contributed by atoms with Crippen LogP contribution in [0.4, 0.5) is 0 Å². The molecule has 0 aromatic rings. The topological polar surface area (TPSA) is 26.3 Å². The van der Waals surface area contributed by atoms with Crippen LogP contribution in [0.2, 0.25) is 0 Å². The number of hydrogen-bond acceptors (Lipinski definition) is 2. The van der Waals surface area contributed by atoms with E-state index in [4.69, 9.17) is 4.74 Å². The van der Waals surface area contributed by atoms with Crippen LogP contribution < -0.4 is 0 Å². The molecule has 0 aliphatic carbocycles. The standard InChI is InChI=1S/C17H35O2P/c1-8-20(9-2,10-3)13-16(7)11-15(6)12-19-17(18)14(4)5/h15-16,20H,4,8-13H2,1-3,5-7H3. The van der Waals surface area contributed by atoms with Crippen molar-refractivity contribution >= 4 is 13.2 Å². The molecular formula is C17H35O2P. The molecule has 0 aromatic heterocycles. The molecule has 20 heavy (non-hydrogen) atoms. The van der Waals surface area contributed by atoms with Crippen LogP contribution in [0.15, 0.2) is 12.2 Å². The first-order valence-electron chi connectivity index (χ1n) is 8.12. The van der Waals surface area contributed by atoms with Crippen LogP contribution in [0.3, 0.4) is 0 Å². The first-order chi connectivity index (χ1) is 9.30. The normalized spacial score (nSPS) is 15.5. The van der Waals surface area contributed by atoms with Gasteiger partial charge in [-0.3, -0.25) is 0 Å². The second kappa shape index (κ2) is 9.55. The fourth-order valence-corrected chi connectivity index (χ4v) is 7.11. The van der Waals surface area contributed by atoms with Crippen molar-refractivity contribution in [3.8, 4) is 0 Å². The minimum absolute atomic E-state index is 0.260. The van der Waals surface area contributed by atoms with Crippen LogP contribution in [0.1, 0.15) is 48.0 Å². The Morgan fingerprint density at radius 2 is 1.60 bits per heavy atom. The summed E-state index contributed by atoms with van der Waals surface area (Å²) < 4.78 is 5.25. The Bertz CT molecular complexity index is 300. The van der Waals surface area contributed by atoms with E-state index in [-0.39, 0.29) is 5.97 Å². The maximum atomic E-state index is 11.4. The molecule has 0 saturated carbocycles. The van der Waals surface area contributed by atoms with Gasteiger partial charge in [0.25, 0.3) is 0 Å². The zero-order valence-corrected chi connectivity index (χ0v) is 15.4. The van der Waals surface area contributed by atoms with Crippen molar-refractivity contribution in [1.29, 1.82) is 0 Å². The summed E-state index contributed by atoms with van der Waals surface area (Å²) in [7, 11) is -1.03. The number of hydrogen-bond donors (Lipinski definition) is 0. The van der Waals surface area contributed by atoms with E-state index in [1.807, 2.05) is 0 Å². The molecule has 0 aliphatic heterocycles. The number of ether oxygens (including phenoxy) is 1. The van der Waals surface area contributed by atoms with Gasteiger partial charge in [0.15, 0.2) is 0 Å². The molecule has 0 heterocycles. The second-order valence-corrected chi connectivity index (χ2v) is 12.1. The minimum atomic E-state index is -1.03. The van der Waals surface area contributed by atoms with Crippen LogP contribution in [0.25, 0.3) is 0 Å². The summed E-state index contributed by atoms with van der Waals surface area (Å²) in [5.41, 5.74) is 0.486. The summed E-state index contributed by atoms with van der Waals surface area (Å²) in [6.45, 7) is 17.5. The summed E-state index contributed by atoms with van der Waals surface area (Å²) in [4.78, 5) is 11.4. The second-order valence-electron chi connectivity index (χ2n) is 6.59. The number of carbonyl (C=O) groups is 1. The monoisotopic (exact) mass is 302 g/mol. The zero-order chi connectivity index (χ0) is 15.8. The van der Waals surface area contributed by atoms with Gasteiger partial charge in [0, 0.05) is 0 Å². The number of esters is 1. The quantitative estimate of drug-likeness (QED) is 0.335. The third kappa shape index (κ3) is 6.88. The van der Waals surface area contributed by atoms with E-state index in [1.165, 1.54) is 24.6 Å². The summed E-state index contributed by atoms with van der Waals surface area (Å²) in [6.07, 6.45) is 6.74. The van der Waals surface area contributed by atoms with Gasteiger partial charge < -0.3 is 0 Å². The van der Waals surface area contributed by atoms with E-state index >= 15 is 0 Å². The Morgan fingerprint density at radius 3 is 2.00 bits per heavy atom. The van der Waals surface area contributed by atoms with Gasteiger partial charge in [-0.25, -0.2) is 0 Å². The van der Waals surface area contributed by atoms with Gasteiger partial charge in [0.05, 0.1) is 0 Å². The predicted molar refractivity (Wildman–Crippen MR) is 93.5 cm³/mol. The van der Waals surface area contributed by atoms with Crippen molar-refractivity contribution in [2.45, 2.75) is 48.0 Å². The molecule has 120 valence electrons. The Hall–Kier alpha value is -0.360. The molecule has 0 spiro atoms. The van der Waals surface area contributed by atoms with E-state index in [9.17, 15) is 4.79 Å². The van der Waals surface area contributed by atoms with Crippen LogP contribution in [0, 0.1) is 11.8 Å². The van der Waals surface area contributed by atoms with Gasteiger partial charge in [-0.2, -0.15) is 0 Å². The summed E-state index contributed by atoms with van der Waals surface area (Å²) >= 11 is 0. The molecule has 2 atom stereocenters. The van der Waals surface area contributed by atoms with Crippen LogP contribution in [-0.4, -0.2) is 37.2 Å². The third-order valence-electron chi connectivity index (χ3n) is 4.68. The molecule has 0 radical (unpaired) electrons. The van der Waals surface area contributed by atoms with Gasteiger partial charge in [0.1, 0.15) is 0 Å². The molecule has 0 fully saturated rings. The van der Waals surface area contributed by atoms with E-state index in [1.54, 1.807) is 6.92 Å². The van der Waals surface area contributed by atoms with Gasteiger partial charge in [-0.1, -0.05) is 0 Å². The maximum absolute atomic E-state index is 11.4. The molecule has 0 aromatic carbocycles. The van der Waals surface area contributed by atoms with Gasteiger partial charge in [-0.15, -0.1) is 0 Å². The average molecular weight is 302 g/mol. The van der Waals surface area contributed by atoms with Crippen molar-refractivity contribution in [2.24, 2.45) is 11.8 Å². The van der Waals surface area contributed by atoms with Crippen molar-refractivity contribution in [2.75, 3.05) is 31.3 Å². The van der Waals surface area contributed by atoms with Crippen LogP contribution in [-0.2, 0) is 9.53 Å². The van der Waals surface area contributed by atoms with Gasteiger partial charge >= 0.3 is 126 Å². The molecule has 0 saturated heterocycles. The zero-order valence-electron chi connectivity index (χ0n) is 14.4. The van der Waals surface area contributed by atoms with E-state index in [0.717, 1.165) is 12.3 Å². The average Bonchev–Trinajstić information content (AvgIpc) is 2.42. The number of rotatable bonds is 10. The van der Waals surface area contributed by atoms with Crippen molar-refractivity contribution < 1.29 is 9.53 Å². The van der Waals surface area contributed by atoms with E-state index in [0.29, 0.717) is 18.1 Å². The first kappa shape index (κ1) is 19.6. The van der Waals surface area contributed by atoms with Gasteiger partial charge in [0.2, 0.25) is 0 Å². The molecule has 2 nitrogen and oxygen atoms in total. The van der Waals surface area contributed by atoms with Crippen molar-refractivity contribution in [3.63, 3.8) is 0 Å². The van der Waals surface area contributed by atoms with Crippen LogP contribution >= 0.6 is 7.26 Å². The Balaban J connectivity index is 4.22. The number of carbonyl (C=O) groups excluding carboxylic acids is 1. The van der Waals surface area contributed by atoms with Crippen LogP contribution in [0.5, 0.6) is 0 Å². The Morgan fingerprint density at radius 1 is 1.10 bits per heavy atom. The first-order valence-corrected chi connectivity index (χ1v) is 11.0. The third-order valence-corrected chi connectivity index (χ3v) is 10.7. The molecule has 0 N–H and O–H groups in total. The fourth-order valence-electron chi connectivity index (χ4n) is 3.10. The van der Waals surface area contributed by atoms with E-state index in [2.05, 4.69) is 41.2 Å². The summed E-state index contributed by atoms with van der Waals surface area (Å²) in [5.74, 6) is 0.912. The molecular weight excluding hydrogens is 267 g/mol. The molecule has 0 rings (SSSR count). The van der Waals surface area contributed by atoms with E-state index < -0.39 is 7.26 Å². The molecule has 0 aliphatic rings.